The molecule has 1 unspecified atom stereocenters. The van der Waals surface area contributed by atoms with Gasteiger partial charge in [-0.1, -0.05) is 26.8 Å². The van der Waals surface area contributed by atoms with Crippen LogP contribution in [0.4, 0.5) is 0 Å². The summed E-state index contributed by atoms with van der Waals surface area (Å²) in [6, 6.07) is 6.42. The van der Waals surface area contributed by atoms with Crippen LogP contribution in [0.5, 0.6) is 5.75 Å². The number of benzene rings is 1. The Morgan fingerprint density at radius 1 is 1.30 bits per heavy atom. The van der Waals surface area contributed by atoms with Gasteiger partial charge in [0, 0.05) is 5.92 Å². The molecule has 0 radical (unpaired) electrons. The van der Waals surface area contributed by atoms with E-state index >= 15 is 0 Å². The quantitative estimate of drug-likeness (QED) is 0.751. The molecule has 1 aliphatic rings. The molecule has 0 amide bonds. The lowest BCUT2D eigenvalue weighted by Gasteiger charge is -2.37. The van der Waals surface area contributed by atoms with Crippen molar-refractivity contribution in [3.63, 3.8) is 0 Å². The summed E-state index contributed by atoms with van der Waals surface area (Å²) in [5.74, 6) is 1.46. The van der Waals surface area contributed by atoms with Crippen LogP contribution < -0.4 is 4.74 Å². The number of hydrogen-bond acceptors (Lipinski definition) is 2. The molecule has 2 nitrogen and oxygen atoms in total. The van der Waals surface area contributed by atoms with Gasteiger partial charge in [-0.15, -0.1) is 0 Å². The van der Waals surface area contributed by atoms with Crippen molar-refractivity contribution in [2.24, 2.45) is 0 Å². The molecule has 1 aromatic rings. The predicted octanol–water partition coefficient (Wildman–Crippen LogP) is 5.26. The Balaban J connectivity index is 0.000000956. The molecular weight excluding hydrogens is 248 g/mol. The van der Waals surface area contributed by atoms with Crippen LogP contribution in [-0.4, -0.2) is 12.7 Å². The summed E-state index contributed by atoms with van der Waals surface area (Å²) < 4.78 is 11.8. The number of hydrogen-bond donors (Lipinski definition) is 0. The van der Waals surface area contributed by atoms with Crippen molar-refractivity contribution in [1.29, 1.82) is 0 Å². The van der Waals surface area contributed by atoms with Crippen molar-refractivity contribution in [2.75, 3.05) is 6.61 Å². The van der Waals surface area contributed by atoms with E-state index in [2.05, 4.69) is 52.8 Å². The minimum atomic E-state index is -0.183. The van der Waals surface area contributed by atoms with Crippen molar-refractivity contribution in [2.45, 2.75) is 72.5 Å². The van der Waals surface area contributed by atoms with Gasteiger partial charge in [0.2, 0.25) is 0 Å². The fourth-order valence-corrected chi connectivity index (χ4v) is 2.59. The summed E-state index contributed by atoms with van der Waals surface area (Å²) in [5.41, 5.74) is 2.51. The van der Waals surface area contributed by atoms with E-state index < -0.39 is 0 Å². The molecule has 0 fully saturated rings. The van der Waals surface area contributed by atoms with E-state index in [1.54, 1.807) is 0 Å². The van der Waals surface area contributed by atoms with Crippen molar-refractivity contribution >= 4 is 0 Å². The van der Waals surface area contributed by atoms with E-state index in [1.165, 1.54) is 11.1 Å². The number of ether oxygens (including phenoxy) is 2. The highest BCUT2D eigenvalue weighted by atomic mass is 16.5. The van der Waals surface area contributed by atoms with Crippen LogP contribution >= 0.6 is 0 Å². The molecule has 0 N–H and O–H groups in total. The van der Waals surface area contributed by atoms with Gasteiger partial charge in [-0.25, -0.2) is 0 Å². The third-order valence-corrected chi connectivity index (χ3v) is 3.62. The molecule has 1 aliphatic heterocycles. The molecule has 1 heterocycles. The van der Waals surface area contributed by atoms with Gasteiger partial charge in [-0.05, 0) is 57.4 Å². The van der Waals surface area contributed by atoms with E-state index in [0.29, 0.717) is 5.92 Å². The van der Waals surface area contributed by atoms with Crippen LogP contribution in [0.15, 0.2) is 18.2 Å². The lowest BCUT2D eigenvalue weighted by Crippen LogP contribution is -2.32. The van der Waals surface area contributed by atoms with Gasteiger partial charge in [0.25, 0.3) is 0 Å². The lowest BCUT2D eigenvalue weighted by molar-refractivity contribution is -0.0433. The first-order chi connectivity index (χ1) is 9.44. The molecule has 114 valence electrons. The second-order valence-electron chi connectivity index (χ2n) is 5.84. The lowest BCUT2D eigenvalue weighted by atomic mass is 9.82. The van der Waals surface area contributed by atoms with Crippen molar-refractivity contribution in [3.05, 3.63) is 29.3 Å². The Kier molecular flexibility index (Phi) is 6.07. The van der Waals surface area contributed by atoms with Gasteiger partial charge in [0.1, 0.15) is 5.75 Å². The number of rotatable bonds is 3. The van der Waals surface area contributed by atoms with Crippen LogP contribution in [-0.2, 0) is 10.3 Å². The van der Waals surface area contributed by atoms with Crippen molar-refractivity contribution < 1.29 is 9.47 Å². The van der Waals surface area contributed by atoms with Gasteiger partial charge >= 0.3 is 0 Å². The van der Waals surface area contributed by atoms with Crippen LogP contribution in [0.2, 0.25) is 0 Å². The Morgan fingerprint density at radius 2 is 1.95 bits per heavy atom. The second kappa shape index (κ2) is 7.12. The third-order valence-electron chi connectivity index (χ3n) is 3.62. The fourth-order valence-electron chi connectivity index (χ4n) is 2.59. The van der Waals surface area contributed by atoms with Gasteiger partial charge < -0.3 is 9.47 Å². The summed E-state index contributed by atoms with van der Waals surface area (Å²) in [6.45, 7) is 15.4. The highest BCUT2D eigenvalue weighted by molar-refractivity contribution is 5.42. The zero-order valence-electron chi connectivity index (χ0n) is 14.1. The van der Waals surface area contributed by atoms with Gasteiger partial charge in [0.05, 0.1) is 18.3 Å². The first-order valence-electron chi connectivity index (χ1n) is 7.89. The minimum Gasteiger partial charge on any atom is -0.491 e. The summed E-state index contributed by atoms with van der Waals surface area (Å²) in [7, 11) is 0. The van der Waals surface area contributed by atoms with Gasteiger partial charge in [-0.3, -0.25) is 0 Å². The molecule has 0 bridgehead atoms. The van der Waals surface area contributed by atoms with E-state index in [-0.39, 0.29) is 11.7 Å². The van der Waals surface area contributed by atoms with Crippen LogP contribution in [0.1, 0.15) is 71.9 Å². The molecule has 0 saturated heterocycles. The molecule has 1 atom stereocenters. The summed E-state index contributed by atoms with van der Waals surface area (Å²) in [5, 5.41) is 0. The summed E-state index contributed by atoms with van der Waals surface area (Å²) >= 11 is 0. The molecule has 20 heavy (non-hydrogen) atoms. The standard InChI is InChI=1S/C16H24O2.C2H6/c1-6-12-10-17-16(4,5)15-8-7-13(9-14(12)15)18-11(2)3;1-2/h7-9,11-12H,6,10H2,1-5H3;1-2H3. The van der Waals surface area contributed by atoms with E-state index in [0.717, 1.165) is 18.8 Å². The first-order valence-corrected chi connectivity index (χ1v) is 7.89. The molecule has 2 heteroatoms. The maximum absolute atomic E-state index is 5.98. The molecular formula is C18H30O2. The highest BCUT2D eigenvalue weighted by Crippen LogP contribution is 2.40. The number of fused-ring (bicyclic) bond motifs is 1. The normalized spacial score (nSPS) is 19.9. The molecule has 2 rings (SSSR count). The zero-order chi connectivity index (χ0) is 15.3. The SMILES string of the molecule is CC.CCC1COC(C)(C)c2ccc(OC(C)C)cc21. The molecule has 0 saturated carbocycles. The smallest absolute Gasteiger partial charge is 0.119 e. The van der Waals surface area contributed by atoms with E-state index in [9.17, 15) is 0 Å². The summed E-state index contributed by atoms with van der Waals surface area (Å²) in [4.78, 5) is 0. The first kappa shape index (κ1) is 17.0. The average Bonchev–Trinajstić information content (AvgIpc) is 2.40. The Morgan fingerprint density at radius 3 is 2.50 bits per heavy atom. The van der Waals surface area contributed by atoms with Crippen LogP contribution in [0, 0.1) is 0 Å². The molecule has 1 aromatic carbocycles. The van der Waals surface area contributed by atoms with E-state index in [4.69, 9.17) is 9.47 Å². The molecule has 0 spiro atoms. The highest BCUT2D eigenvalue weighted by Gasteiger charge is 2.32. The van der Waals surface area contributed by atoms with Crippen LogP contribution in [0.25, 0.3) is 0 Å². The minimum absolute atomic E-state index is 0.183. The van der Waals surface area contributed by atoms with Gasteiger partial charge in [0.15, 0.2) is 0 Å². The largest absolute Gasteiger partial charge is 0.491 e. The predicted molar refractivity (Wildman–Crippen MR) is 85.6 cm³/mol. The fraction of sp³-hybridized carbons (Fsp3) is 0.667. The third kappa shape index (κ3) is 3.76. The average molecular weight is 278 g/mol. The monoisotopic (exact) mass is 278 g/mol. The van der Waals surface area contributed by atoms with Crippen LogP contribution in [0.3, 0.4) is 0 Å². The Bertz CT molecular complexity index is 421. The Hall–Kier alpha value is -1.02. The molecule has 0 aliphatic carbocycles. The molecule has 0 aromatic heterocycles. The van der Waals surface area contributed by atoms with E-state index in [1.807, 2.05) is 13.8 Å². The van der Waals surface area contributed by atoms with Crippen molar-refractivity contribution in [1.82, 2.24) is 0 Å². The summed E-state index contributed by atoms with van der Waals surface area (Å²) in [6.07, 6.45) is 1.32. The van der Waals surface area contributed by atoms with Gasteiger partial charge in [-0.2, -0.15) is 0 Å². The Labute approximate surface area is 124 Å². The topological polar surface area (TPSA) is 18.5 Å². The maximum atomic E-state index is 5.98. The zero-order valence-corrected chi connectivity index (χ0v) is 14.1. The van der Waals surface area contributed by atoms with Crippen molar-refractivity contribution in [3.8, 4) is 5.75 Å². The maximum Gasteiger partial charge on any atom is 0.119 e. The second-order valence-corrected chi connectivity index (χ2v) is 5.84.